The second-order valence-corrected chi connectivity index (χ2v) is 8.51. The summed E-state index contributed by atoms with van der Waals surface area (Å²) in [7, 11) is 0. The first kappa shape index (κ1) is 23.8. The molecule has 5 rings (SSSR count). The fourth-order valence-corrected chi connectivity index (χ4v) is 4.00. The summed E-state index contributed by atoms with van der Waals surface area (Å²) in [6, 6.07) is 28.2. The molecule has 0 unspecified atom stereocenters. The van der Waals surface area contributed by atoms with Crippen LogP contribution in [0.2, 0.25) is 0 Å². The van der Waals surface area contributed by atoms with E-state index in [1.165, 1.54) is 6.07 Å². The molecule has 184 valence electrons. The maximum atomic E-state index is 11.5. The van der Waals surface area contributed by atoms with Gasteiger partial charge in [0.15, 0.2) is 17.1 Å². The normalized spacial score (nSPS) is 11.2. The van der Waals surface area contributed by atoms with Crippen molar-refractivity contribution in [3.8, 4) is 11.5 Å². The van der Waals surface area contributed by atoms with Gasteiger partial charge in [-0.05, 0) is 54.0 Å². The molecule has 3 aromatic carbocycles. The molecule has 37 heavy (non-hydrogen) atoms. The van der Waals surface area contributed by atoms with Gasteiger partial charge in [0.05, 0.1) is 10.6 Å². The van der Waals surface area contributed by atoms with E-state index >= 15 is 0 Å². The first-order valence-corrected chi connectivity index (χ1v) is 11.9. The molecule has 7 heteroatoms. The Morgan fingerprint density at radius 2 is 1.49 bits per heavy atom. The lowest BCUT2D eigenvalue weighted by Crippen LogP contribution is -1.99. The number of aryl methyl sites for hydroxylation is 1. The van der Waals surface area contributed by atoms with Gasteiger partial charge in [-0.1, -0.05) is 66.7 Å². The summed E-state index contributed by atoms with van der Waals surface area (Å²) < 4.78 is 13.9. The lowest BCUT2D eigenvalue weighted by molar-refractivity contribution is -0.385. The molecule has 0 N–H and O–H groups in total. The van der Waals surface area contributed by atoms with Gasteiger partial charge in [-0.3, -0.25) is 10.1 Å². The van der Waals surface area contributed by atoms with E-state index in [-0.39, 0.29) is 18.0 Å². The fourth-order valence-electron chi connectivity index (χ4n) is 4.00. The van der Waals surface area contributed by atoms with Crippen LogP contribution in [0.5, 0.6) is 11.5 Å². The summed E-state index contributed by atoms with van der Waals surface area (Å²) in [6.45, 7) is 2.68. The minimum absolute atomic E-state index is 0.0720. The van der Waals surface area contributed by atoms with Crippen LogP contribution in [0.1, 0.15) is 28.1 Å². The van der Waals surface area contributed by atoms with Gasteiger partial charge in [-0.15, -0.1) is 0 Å². The maximum Gasteiger partial charge on any atom is 0.310 e. The molecule has 0 saturated carbocycles. The van der Waals surface area contributed by atoms with Crippen LogP contribution in [-0.2, 0) is 13.2 Å². The van der Waals surface area contributed by atoms with Gasteiger partial charge in [0.1, 0.15) is 13.2 Å². The molecule has 2 aromatic heterocycles. The third kappa shape index (κ3) is 5.51. The Balaban J connectivity index is 1.38. The lowest BCUT2D eigenvalue weighted by atomic mass is 10.1. The largest absolute Gasteiger partial charge is 0.485 e. The molecule has 0 fully saturated rings. The van der Waals surface area contributed by atoms with Crippen LogP contribution >= 0.6 is 0 Å². The van der Waals surface area contributed by atoms with Crippen molar-refractivity contribution >= 4 is 23.5 Å². The molecular formula is C30H25N3O4. The standard InChI is InChI=1S/C30H25N3O4/c1-22-26(31-30-28(13-8-18-32(22)30)36-20-24-9-4-2-5-10-24)16-14-23-15-17-27(33(34)35)29(19-23)37-21-25-11-6-3-7-12-25/h2-19H,20-21H2,1H3/b16-14+. The van der Waals surface area contributed by atoms with E-state index < -0.39 is 4.92 Å². The SMILES string of the molecule is Cc1c(/C=C/c2ccc([N+](=O)[O-])c(OCc3ccccc3)c2)nc2c(OCc3ccccc3)cccn12. The Morgan fingerprint density at radius 1 is 0.838 bits per heavy atom. The number of pyridine rings is 1. The molecule has 0 saturated heterocycles. The summed E-state index contributed by atoms with van der Waals surface area (Å²) in [5, 5.41) is 11.5. The van der Waals surface area contributed by atoms with Gasteiger partial charge in [0.25, 0.3) is 0 Å². The third-order valence-electron chi connectivity index (χ3n) is 5.98. The van der Waals surface area contributed by atoms with Crippen LogP contribution in [0, 0.1) is 17.0 Å². The summed E-state index contributed by atoms with van der Waals surface area (Å²) >= 11 is 0. The lowest BCUT2D eigenvalue weighted by Gasteiger charge is -2.08. The molecule has 0 aliphatic heterocycles. The predicted octanol–water partition coefficient (Wildman–Crippen LogP) is 6.88. The highest BCUT2D eigenvalue weighted by Crippen LogP contribution is 2.30. The summed E-state index contributed by atoms with van der Waals surface area (Å²) in [6.07, 6.45) is 5.72. The van der Waals surface area contributed by atoms with E-state index in [0.29, 0.717) is 12.4 Å². The summed E-state index contributed by atoms with van der Waals surface area (Å²) in [5.74, 6) is 0.917. The molecule has 0 amide bonds. The van der Waals surface area contributed by atoms with Crippen molar-refractivity contribution in [1.82, 2.24) is 9.38 Å². The van der Waals surface area contributed by atoms with Crippen LogP contribution in [0.4, 0.5) is 5.69 Å². The van der Waals surface area contributed by atoms with Crippen molar-refractivity contribution in [2.45, 2.75) is 20.1 Å². The predicted molar refractivity (Wildman–Crippen MR) is 144 cm³/mol. The first-order valence-electron chi connectivity index (χ1n) is 11.9. The minimum atomic E-state index is -0.433. The average molecular weight is 492 g/mol. The number of hydrogen-bond donors (Lipinski definition) is 0. The molecule has 7 nitrogen and oxygen atoms in total. The van der Waals surface area contributed by atoms with Crippen molar-refractivity contribution in [2.24, 2.45) is 0 Å². The number of nitro benzene ring substituents is 1. The number of benzene rings is 3. The van der Waals surface area contributed by atoms with Gasteiger partial charge in [-0.2, -0.15) is 0 Å². The van der Waals surface area contributed by atoms with E-state index in [0.717, 1.165) is 33.7 Å². The maximum absolute atomic E-state index is 11.5. The Hall–Kier alpha value is -4.91. The highest BCUT2D eigenvalue weighted by molar-refractivity contribution is 5.73. The number of hydrogen-bond acceptors (Lipinski definition) is 5. The zero-order chi connectivity index (χ0) is 25.6. The van der Waals surface area contributed by atoms with E-state index in [2.05, 4.69) is 0 Å². The van der Waals surface area contributed by atoms with Gasteiger partial charge in [0, 0.05) is 18.0 Å². The number of nitrogens with zero attached hydrogens (tertiary/aromatic N) is 3. The van der Waals surface area contributed by atoms with Crippen LogP contribution in [0.3, 0.4) is 0 Å². The quantitative estimate of drug-likeness (QED) is 0.166. The number of ether oxygens (including phenoxy) is 2. The molecule has 0 spiro atoms. The van der Waals surface area contributed by atoms with Crippen molar-refractivity contribution in [3.63, 3.8) is 0 Å². The molecule has 0 bridgehead atoms. The molecular weight excluding hydrogens is 466 g/mol. The van der Waals surface area contributed by atoms with E-state index in [9.17, 15) is 10.1 Å². The second-order valence-electron chi connectivity index (χ2n) is 8.51. The zero-order valence-electron chi connectivity index (χ0n) is 20.3. The van der Waals surface area contributed by atoms with Gasteiger partial charge >= 0.3 is 5.69 Å². The van der Waals surface area contributed by atoms with Crippen molar-refractivity contribution in [1.29, 1.82) is 0 Å². The van der Waals surface area contributed by atoms with Crippen molar-refractivity contribution in [3.05, 3.63) is 135 Å². The summed E-state index contributed by atoms with van der Waals surface area (Å²) in [5.41, 5.74) is 5.17. The Kier molecular flexibility index (Phi) is 6.94. The van der Waals surface area contributed by atoms with Gasteiger partial charge < -0.3 is 13.9 Å². The van der Waals surface area contributed by atoms with Crippen molar-refractivity contribution in [2.75, 3.05) is 0 Å². The minimum Gasteiger partial charge on any atom is -0.485 e. The van der Waals surface area contributed by atoms with E-state index in [4.69, 9.17) is 14.5 Å². The number of aromatic nitrogens is 2. The van der Waals surface area contributed by atoms with Crippen LogP contribution in [-0.4, -0.2) is 14.3 Å². The highest BCUT2D eigenvalue weighted by atomic mass is 16.6. The first-order chi connectivity index (χ1) is 18.1. The molecule has 0 aliphatic rings. The Labute approximate surface area is 214 Å². The molecule has 0 aliphatic carbocycles. The highest BCUT2D eigenvalue weighted by Gasteiger charge is 2.16. The van der Waals surface area contributed by atoms with Crippen LogP contribution in [0.15, 0.2) is 97.2 Å². The van der Waals surface area contributed by atoms with Crippen LogP contribution < -0.4 is 9.47 Å². The van der Waals surface area contributed by atoms with E-state index in [1.54, 1.807) is 12.1 Å². The summed E-state index contributed by atoms with van der Waals surface area (Å²) in [4.78, 5) is 15.9. The second kappa shape index (κ2) is 10.8. The average Bonchev–Trinajstić information content (AvgIpc) is 3.26. The Morgan fingerprint density at radius 3 is 2.14 bits per heavy atom. The fraction of sp³-hybridized carbons (Fsp3) is 0.100. The molecule has 2 heterocycles. The number of fused-ring (bicyclic) bond motifs is 1. The van der Waals surface area contributed by atoms with E-state index in [1.807, 2.05) is 102 Å². The molecule has 5 aromatic rings. The number of rotatable bonds is 9. The third-order valence-corrected chi connectivity index (χ3v) is 5.98. The number of imidazole rings is 1. The molecule has 0 atom stereocenters. The van der Waals surface area contributed by atoms with Gasteiger partial charge in [-0.25, -0.2) is 4.98 Å². The zero-order valence-corrected chi connectivity index (χ0v) is 20.3. The number of nitro groups is 1. The van der Waals surface area contributed by atoms with Crippen molar-refractivity contribution < 1.29 is 14.4 Å². The topological polar surface area (TPSA) is 78.9 Å². The molecule has 0 radical (unpaired) electrons. The monoisotopic (exact) mass is 491 g/mol. The van der Waals surface area contributed by atoms with Gasteiger partial charge in [0.2, 0.25) is 0 Å². The Bertz CT molecular complexity index is 1560. The smallest absolute Gasteiger partial charge is 0.310 e. The van der Waals surface area contributed by atoms with Crippen LogP contribution in [0.25, 0.3) is 17.8 Å².